The molecule has 2 saturated heterocycles. The van der Waals surface area contributed by atoms with Crippen LogP contribution in [-0.4, -0.2) is 24.3 Å². The van der Waals surface area contributed by atoms with E-state index in [-0.39, 0.29) is 23.9 Å². The number of esters is 1. The van der Waals surface area contributed by atoms with Gasteiger partial charge >= 0.3 is 5.97 Å². The van der Waals surface area contributed by atoms with Crippen LogP contribution in [0.4, 0.5) is 0 Å². The van der Waals surface area contributed by atoms with E-state index in [1.54, 1.807) is 0 Å². The van der Waals surface area contributed by atoms with Crippen molar-refractivity contribution in [2.24, 2.45) is 17.8 Å². The monoisotopic (exact) mass is 246 g/mol. The summed E-state index contributed by atoms with van der Waals surface area (Å²) in [6.07, 6.45) is 4.12. The summed E-state index contributed by atoms with van der Waals surface area (Å²) >= 11 is 0. The van der Waals surface area contributed by atoms with Crippen molar-refractivity contribution >= 4 is 5.97 Å². The predicted molar refractivity (Wildman–Crippen MR) is 65.8 cm³/mol. The SMILES string of the molecule is C=C1CC[C@H]2C(=C)CC[C@@H]3[C@H](OC(=O)[C@]34CO4)[C@@H]12. The van der Waals surface area contributed by atoms with Crippen LogP contribution in [0.2, 0.25) is 0 Å². The van der Waals surface area contributed by atoms with E-state index in [1.807, 2.05) is 0 Å². The van der Waals surface area contributed by atoms with Crippen LogP contribution in [0.5, 0.6) is 0 Å². The number of ether oxygens (including phenoxy) is 2. The maximum atomic E-state index is 12.0. The first kappa shape index (κ1) is 10.8. The number of epoxide rings is 1. The van der Waals surface area contributed by atoms with E-state index in [4.69, 9.17) is 9.47 Å². The smallest absolute Gasteiger partial charge is 0.341 e. The summed E-state index contributed by atoms with van der Waals surface area (Å²) in [5.74, 6) is 0.835. The Kier molecular flexibility index (Phi) is 1.96. The summed E-state index contributed by atoms with van der Waals surface area (Å²) in [6.45, 7) is 8.98. The van der Waals surface area contributed by atoms with Gasteiger partial charge in [0, 0.05) is 11.8 Å². The second kappa shape index (κ2) is 3.27. The van der Waals surface area contributed by atoms with Crippen LogP contribution < -0.4 is 0 Å². The lowest BCUT2D eigenvalue weighted by Crippen LogP contribution is -2.32. The van der Waals surface area contributed by atoms with Crippen molar-refractivity contribution < 1.29 is 14.3 Å². The summed E-state index contributed by atoms with van der Waals surface area (Å²) < 4.78 is 11.2. The fourth-order valence-corrected chi connectivity index (χ4v) is 4.27. The molecule has 0 aromatic rings. The molecule has 3 nitrogen and oxygen atoms in total. The Morgan fingerprint density at radius 2 is 1.89 bits per heavy atom. The van der Waals surface area contributed by atoms with Gasteiger partial charge in [-0.15, -0.1) is 0 Å². The lowest BCUT2D eigenvalue weighted by Gasteiger charge is -2.26. The molecule has 18 heavy (non-hydrogen) atoms. The standard InChI is InChI=1S/C15H18O3/c1-8-4-6-11-13(12-9(2)3-5-10(8)12)18-14(16)15(11)7-17-15/h10-13H,1-7H2/t10-,11+,12-,13-,15-/m0/s1. The lowest BCUT2D eigenvalue weighted by atomic mass is 9.80. The number of allylic oxidation sites excluding steroid dienone is 1. The molecular weight excluding hydrogens is 228 g/mol. The summed E-state index contributed by atoms with van der Waals surface area (Å²) in [5, 5.41) is 0. The van der Waals surface area contributed by atoms with E-state index >= 15 is 0 Å². The van der Waals surface area contributed by atoms with Crippen LogP contribution in [0.3, 0.4) is 0 Å². The fourth-order valence-electron chi connectivity index (χ4n) is 4.27. The van der Waals surface area contributed by atoms with Gasteiger partial charge in [0.05, 0.1) is 6.61 Å². The van der Waals surface area contributed by atoms with E-state index < -0.39 is 5.60 Å². The van der Waals surface area contributed by atoms with E-state index in [1.165, 1.54) is 11.1 Å². The molecule has 2 aliphatic carbocycles. The molecule has 4 fully saturated rings. The third-order valence-corrected chi connectivity index (χ3v) is 5.38. The highest BCUT2D eigenvalue weighted by atomic mass is 16.7. The van der Waals surface area contributed by atoms with Crippen LogP contribution in [0.1, 0.15) is 25.7 Å². The molecule has 3 heteroatoms. The molecule has 2 heterocycles. The molecule has 0 aromatic carbocycles. The first-order chi connectivity index (χ1) is 8.63. The summed E-state index contributed by atoms with van der Waals surface area (Å²) in [6, 6.07) is 0. The highest BCUT2D eigenvalue weighted by Gasteiger charge is 2.69. The van der Waals surface area contributed by atoms with Crippen molar-refractivity contribution in [2.75, 3.05) is 6.61 Å². The largest absolute Gasteiger partial charge is 0.459 e. The second-order valence-electron chi connectivity index (χ2n) is 6.18. The molecular formula is C15H18O3. The quantitative estimate of drug-likeness (QED) is 0.374. The van der Waals surface area contributed by atoms with E-state index in [0.29, 0.717) is 12.5 Å². The topological polar surface area (TPSA) is 38.8 Å². The Hall–Kier alpha value is -1.09. The average molecular weight is 246 g/mol. The number of carbonyl (C=O) groups excluding carboxylic acids is 1. The van der Waals surface area contributed by atoms with Crippen molar-refractivity contribution in [1.29, 1.82) is 0 Å². The molecule has 1 spiro atoms. The number of carbonyl (C=O) groups is 1. The highest BCUT2D eigenvalue weighted by molar-refractivity contribution is 5.85. The molecule has 0 aromatic heterocycles. The summed E-state index contributed by atoms with van der Waals surface area (Å²) in [4.78, 5) is 12.0. The van der Waals surface area contributed by atoms with Gasteiger partial charge in [-0.3, -0.25) is 0 Å². The van der Waals surface area contributed by atoms with E-state index in [0.717, 1.165) is 25.7 Å². The molecule has 96 valence electrons. The van der Waals surface area contributed by atoms with Gasteiger partial charge in [0.15, 0.2) is 5.60 Å². The minimum atomic E-state index is -0.595. The zero-order chi connectivity index (χ0) is 12.5. The maximum Gasteiger partial charge on any atom is 0.341 e. The Labute approximate surface area is 107 Å². The van der Waals surface area contributed by atoms with Crippen LogP contribution in [0.25, 0.3) is 0 Å². The zero-order valence-electron chi connectivity index (χ0n) is 10.5. The Morgan fingerprint density at radius 1 is 1.17 bits per heavy atom. The number of hydrogen-bond acceptors (Lipinski definition) is 3. The maximum absolute atomic E-state index is 12.0. The fraction of sp³-hybridized carbons (Fsp3) is 0.667. The van der Waals surface area contributed by atoms with Gasteiger partial charge in [0.25, 0.3) is 0 Å². The molecule has 0 N–H and O–H groups in total. The van der Waals surface area contributed by atoms with E-state index in [9.17, 15) is 4.79 Å². The predicted octanol–water partition coefficient (Wildman–Crippen LogP) is 2.23. The van der Waals surface area contributed by atoms with Crippen molar-refractivity contribution in [2.45, 2.75) is 37.4 Å². The van der Waals surface area contributed by atoms with Crippen LogP contribution in [0.15, 0.2) is 24.3 Å². The third-order valence-electron chi connectivity index (χ3n) is 5.38. The van der Waals surface area contributed by atoms with Gasteiger partial charge in [-0.1, -0.05) is 24.3 Å². The second-order valence-corrected chi connectivity index (χ2v) is 6.18. The van der Waals surface area contributed by atoms with Gasteiger partial charge < -0.3 is 9.47 Å². The van der Waals surface area contributed by atoms with Gasteiger partial charge in [-0.2, -0.15) is 0 Å². The first-order valence-corrected chi connectivity index (χ1v) is 6.84. The van der Waals surface area contributed by atoms with Gasteiger partial charge in [-0.25, -0.2) is 4.79 Å². The van der Waals surface area contributed by atoms with Crippen molar-refractivity contribution in [1.82, 2.24) is 0 Å². The lowest BCUT2D eigenvalue weighted by molar-refractivity contribution is -0.146. The van der Waals surface area contributed by atoms with Gasteiger partial charge in [0.2, 0.25) is 0 Å². The number of rotatable bonds is 0. The summed E-state index contributed by atoms with van der Waals surface area (Å²) in [7, 11) is 0. The molecule has 2 aliphatic heterocycles. The molecule has 0 bridgehead atoms. The summed E-state index contributed by atoms with van der Waals surface area (Å²) in [5.41, 5.74) is 1.96. The van der Waals surface area contributed by atoms with Crippen LogP contribution >= 0.6 is 0 Å². The zero-order valence-corrected chi connectivity index (χ0v) is 10.5. The van der Waals surface area contributed by atoms with Crippen LogP contribution in [0, 0.1) is 17.8 Å². The van der Waals surface area contributed by atoms with Gasteiger partial charge in [0.1, 0.15) is 6.10 Å². The third kappa shape index (κ3) is 1.16. The highest BCUT2D eigenvalue weighted by Crippen LogP contribution is 2.57. The molecule has 2 saturated carbocycles. The molecule has 4 rings (SSSR count). The molecule has 0 unspecified atom stereocenters. The first-order valence-electron chi connectivity index (χ1n) is 6.84. The Morgan fingerprint density at radius 3 is 2.61 bits per heavy atom. The minimum absolute atomic E-state index is 0.0146. The van der Waals surface area contributed by atoms with E-state index in [2.05, 4.69) is 13.2 Å². The molecule has 0 amide bonds. The molecule has 5 atom stereocenters. The molecule has 0 radical (unpaired) electrons. The molecule has 4 aliphatic rings. The minimum Gasteiger partial charge on any atom is -0.459 e. The number of hydrogen-bond donors (Lipinski definition) is 0. The van der Waals surface area contributed by atoms with Crippen molar-refractivity contribution in [3.63, 3.8) is 0 Å². The Balaban J connectivity index is 1.76. The number of fused-ring (bicyclic) bond motifs is 4. The normalized spacial score (nSPS) is 49.9. The van der Waals surface area contributed by atoms with Crippen LogP contribution in [-0.2, 0) is 14.3 Å². The van der Waals surface area contributed by atoms with Gasteiger partial charge in [-0.05, 0) is 31.6 Å². The Bertz CT molecular complexity index is 460. The van der Waals surface area contributed by atoms with Crippen molar-refractivity contribution in [3.05, 3.63) is 24.3 Å². The van der Waals surface area contributed by atoms with Crippen molar-refractivity contribution in [3.8, 4) is 0 Å². The average Bonchev–Trinajstić information content (AvgIpc) is 3.00.